The van der Waals surface area contributed by atoms with Gasteiger partial charge in [-0.25, -0.2) is 0 Å². The normalized spacial score (nSPS) is 15.6. The van der Waals surface area contributed by atoms with E-state index in [0.717, 1.165) is 0 Å². The standard InChI is InChI=1S/C13H29N/c1-8-9-10-11(12(2,3)4)14-13(5,6)7/h11,14H,8-10H2,1-7H3. The summed E-state index contributed by atoms with van der Waals surface area (Å²) in [5, 5.41) is 3.73. The first-order valence-electron chi connectivity index (χ1n) is 5.94. The zero-order chi connectivity index (χ0) is 11.4. The zero-order valence-electron chi connectivity index (χ0n) is 11.2. The Morgan fingerprint density at radius 2 is 1.50 bits per heavy atom. The fraction of sp³-hybridized carbons (Fsp3) is 1.00. The first kappa shape index (κ1) is 14.0. The summed E-state index contributed by atoms with van der Waals surface area (Å²) in [5.74, 6) is 0. The summed E-state index contributed by atoms with van der Waals surface area (Å²) in [6.07, 6.45) is 3.90. The summed E-state index contributed by atoms with van der Waals surface area (Å²) < 4.78 is 0. The molecule has 0 saturated heterocycles. The van der Waals surface area contributed by atoms with Gasteiger partial charge in [0.15, 0.2) is 0 Å². The summed E-state index contributed by atoms with van der Waals surface area (Å²) in [7, 11) is 0. The Labute approximate surface area is 90.7 Å². The van der Waals surface area contributed by atoms with Crippen LogP contribution in [-0.4, -0.2) is 11.6 Å². The van der Waals surface area contributed by atoms with Gasteiger partial charge in [-0.3, -0.25) is 0 Å². The Morgan fingerprint density at radius 3 is 1.79 bits per heavy atom. The lowest BCUT2D eigenvalue weighted by Crippen LogP contribution is -2.49. The number of hydrogen-bond acceptors (Lipinski definition) is 1. The van der Waals surface area contributed by atoms with Crippen molar-refractivity contribution in [1.82, 2.24) is 5.32 Å². The molecule has 1 unspecified atom stereocenters. The Balaban J connectivity index is 4.26. The van der Waals surface area contributed by atoms with Crippen LogP contribution in [0.5, 0.6) is 0 Å². The SMILES string of the molecule is CCCCC(NC(C)(C)C)C(C)(C)C. The van der Waals surface area contributed by atoms with Crippen LogP contribution in [0.15, 0.2) is 0 Å². The van der Waals surface area contributed by atoms with Gasteiger partial charge in [0.05, 0.1) is 0 Å². The molecular weight excluding hydrogens is 170 g/mol. The molecule has 1 atom stereocenters. The molecular formula is C13H29N. The molecule has 0 aliphatic heterocycles. The Hall–Kier alpha value is -0.0400. The Morgan fingerprint density at radius 1 is 1.00 bits per heavy atom. The van der Waals surface area contributed by atoms with Crippen molar-refractivity contribution in [2.24, 2.45) is 5.41 Å². The molecule has 1 N–H and O–H groups in total. The quantitative estimate of drug-likeness (QED) is 0.722. The van der Waals surface area contributed by atoms with Gasteiger partial charge in [-0.15, -0.1) is 0 Å². The molecule has 0 fully saturated rings. The molecule has 0 heterocycles. The fourth-order valence-corrected chi connectivity index (χ4v) is 1.65. The van der Waals surface area contributed by atoms with E-state index in [9.17, 15) is 0 Å². The van der Waals surface area contributed by atoms with Crippen molar-refractivity contribution in [1.29, 1.82) is 0 Å². The van der Waals surface area contributed by atoms with E-state index < -0.39 is 0 Å². The van der Waals surface area contributed by atoms with Crippen molar-refractivity contribution < 1.29 is 0 Å². The molecule has 0 radical (unpaired) electrons. The van der Waals surface area contributed by atoms with E-state index in [-0.39, 0.29) is 5.54 Å². The van der Waals surface area contributed by atoms with Gasteiger partial charge in [0.2, 0.25) is 0 Å². The van der Waals surface area contributed by atoms with Crippen LogP contribution in [0.25, 0.3) is 0 Å². The van der Waals surface area contributed by atoms with Crippen molar-refractivity contribution in [3.63, 3.8) is 0 Å². The lowest BCUT2D eigenvalue weighted by molar-refractivity contribution is 0.205. The van der Waals surface area contributed by atoms with Crippen LogP contribution in [0.2, 0.25) is 0 Å². The van der Waals surface area contributed by atoms with E-state index >= 15 is 0 Å². The highest BCUT2D eigenvalue weighted by molar-refractivity contribution is 4.85. The topological polar surface area (TPSA) is 12.0 Å². The second kappa shape index (κ2) is 5.16. The minimum absolute atomic E-state index is 0.228. The second-order valence-corrected chi connectivity index (χ2v) is 6.46. The van der Waals surface area contributed by atoms with Gasteiger partial charge in [0.25, 0.3) is 0 Å². The van der Waals surface area contributed by atoms with E-state index in [1.807, 2.05) is 0 Å². The number of unbranched alkanes of at least 4 members (excludes halogenated alkanes) is 1. The molecule has 14 heavy (non-hydrogen) atoms. The summed E-state index contributed by atoms with van der Waals surface area (Å²) >= 11 is 0. The maximum absolute atomic E-state index is 3.73. The van der Waals surface area contributed by atoms with Crippen molar-refractivity contribution in [2.45, 2.75) is 79.3 Å². The first-order valence-corrected chi connectivity index (χ1v) is 5.94. The molecule has 0 rings (SSSR count). The molecule has 0 saturated carbocycles. The van der Waals surface area contributed by atoms with Crippen LogP contribution >= 0.6 is 0 Å². The third-order valence-corrected chi connectivity index (χ3v) is 2.50. The van der Waals surface area contributed by atoms with Crippen molar-refractivity contribution in [2.75, 3.05) is 0 Å². The molecule has 0 aromatic heterocycles. The molecule has 0 aliphatic rings. The molecule has 0 aromatic rings. The van der Waals surface area contributed by atoms with E-state index in [0.29, 0.717) is 11.5 Å². The van der Waals surface area contributed by atoms with Crippen molar-refractivity contribution >= 4 is 0 Å². The zero-order valence-corrected chi connectivity index (χ0v) is 11.2. The van der Waals surface area contributed by atoms with Gasteiger partial charge in [-0.1, -0.05) is 40.5 Å². The van der Waals surface area contributed by atoms with Gasteiger partial charge >= 0.3 is 0 Å². The van der Waals surface area contributed by atoms with Gasteiger partial charge in [0.1, 0.15) is 0 Å². The van der Waals surface area contributed by atoms with Gasteiger partial charge in [0, 0.05) is 11.6 Å². The van der Waals surface area contributed by atoms with Crippen molar-refractivity contribution in [3.8, 4) is 0 Å². The molecule has 0 amide bonds. The third-order valence-electron chi connectivity index (χ3n) is 2.50. The maximum Gasteiger partial charge on any atom is 0.0120 e. The summed E-state index contributed by atoms with van der Waals surface area (Å²) in [6.45, 7) is 16.0. The average molecular weight is 199 g/mol. The highest BCUT2D eigenvalue weighted by Crippen LogP contribution is 2.25. The maximum atomic E-state index is 3.73. The van der Waals surface area contributed by atoms with Crippen LogP contribution < -0.4 is 5.32 Å². The Bertz CT molecular complexity index is 148. The predicted molar refractivity (Wildman–Crippen MR) is 65.7 cm³/mol. The molecule has 0 bridgehead atoms. The molecule has 0 aromatic carbocycles. The molecule has 0 aliphatic carbocycles. The highest BCUT2D eigenvalue weighted by Gasteiger charge is 2.27. The smallest absolute Gasteiger partial charge is 0.0120 e. The van der Waals surface area contributed by atoms with Crippen LogP contribution in [0.4, 0.5) is 0 Å². The lowest BCUT2D eigenvalue weighted by Gasteiger charge is -2.37. The van der Waals surface area contributed by atoms with E-state index in [1.165, 1.54) is 19.3 Å². The Kier molecular flexibility index (Phi) is 5.14. The van der Waals surface area contributed by atoms with Crippen molar-refractivity contribution in [3.05, 3.63) is 0 Å². The molecule has 1 heteroatoms. The minimum atomic E-state index is 0.228. The first-order chi connectivity index (χ1) is 6.17. The average Bonchev–Trinajstić information content (AvgIpc) is 1.93. The summed E-state index contributed by atoms with van der Waals surface area (Å²) in [4.78, 5) is 0. The van der Waals surface area contributed by atoms with Gasteiger partial charge in [-0.2, -0.15) is 0 Å². The number of rotatable bonds is 4. The van der Waals surface area contributed by atoms with Crippen LogP contribution in [0, 0.1) is 5.41 Å². The second-order valence-electron chi connectivity index (χ2n) is 6.46. The van der Waals surface area contributed by atoms with Crippen LogP contribution in [-0.2, 0) is 0 Å². The fourth-order valence-electron chi connectivity index (χ4n) is 1.65. The third kappa shape index (κ3) is 6.42. The molecule has 86 valence electrons. The van der Waals surface area contributed by atoms with E-state index in [1.54, 1.807) is 0 Å². The predicted octanol–water partition coefficient (Wildman–Crippen LogP) is 3.98. The lowest BCUT2D eigenvalue weighted by atomic mass is 9.82. The number of nitrogens with one attached hydrogen (secondary N) is 1. The summed E-state index contributed by atoms with van der Waals surface area (Å²) in [6, 6.07) is 0.627. The largest absolute Gasteiger partial charge is 0.309 e. The minimum Gasteiger partial charge on any atom is -0.309 e. The number of hydrogen-bond donors (Lipinski definition) is 1. The van der Waals surface area contributed by atoms with Gasteiger partial charge in [-0.05, 0) is 32.6 Å². The highest BCUT2D eigenvalue weighted by atomic mass is 15.0. The monoisotopic (exact) mass is 199 g/mol. The van der Waals surface area contributed by atoms with E-state index in [2.05, 4.69) is 53.8 Å². The van der Waals surface area contributed by atoms with Crippen LogP contribution in [0.3, 0.4) is 0 Å². The molecule has 1 nitrogen and oxygen atoms in total. The van der Waals surface area contributed by atoms with Crippen LogP contribution in [0.1, 0.15) is 67.7 Å². The van der Waals surface area contributed by atoms with E-state index in [4.69, 9.17) is 0 Å². The summed E-state index contributed by atoms with van der Waals surface area (Å²) in [5.41, 5.74) is 0.591. The molecule has 0 spiro atoms. The van der Waals surface area contributed by atoms with Gasteiger partial charge < -0.3 is 5.32 Å².